The SMILES string of the molecule is C=CCN(C(=O)C=CC)C(C)C. The molecule has 0 aromatic heterocycles. The molecule has 0 aromatic rings. The van der Waals surface area contributed by atoms with Crippen molar-refractivity contribution in [2.24, 2.45) is 0 Å². The molecule has 0 saturated heterocycles. The molecule has 0 saturated carbocycles. The second-order valence-corrected chi connectivity index (χ2v) is 2.87. The van der Waals surface area contributed by atoms with E-state index in [-0.39, 0.29) is 11.9 Å². The molecule has 0 heterocycles. The van der Waals surface area contributed by atoms with E-state index >= 15 is 0 Å². The van der Waals surface area contributed by atoms with Crippen LogP contribution < -0.4 is 0 Å². The van der Waals surface area contributed by atoms with E-state index in [9.17, 15) is 4.79 Å². The standard InChI is InChI=1S/C10H17NO/c1-5-7-10(12)11(8-6-2)9(3)4/h5-7,9H,2,8H2,1,3-4H3. The first-order valence-corrected chi connectivity index (χ1v) is 4.17. The normalized spacial score (nSPS) is 10.7. The van der Waals surface area contributed by atoms with Gasteiger partial charge in [0.2, 0.25) is 5.91 Å². The topological polar surface area (TPSA) is 20.3 Å². The van der Waals surface area contributed by atoms with E-state index in [4.69, 9.17) is 0 Å². The van der Waals surface area contributed by atoms with Gasteiger partial charge < -0.3 is 4.90 Å². The summed E-state index contributed by atoms with van der Waals surface area (Å²) in [6.45, 7) is 10.0. The lowest BCUT2D eigenvalue weighted by molar-refractivity contribution is -0.127. The summed E-state index contributed by atoms with van der Waals surface area (Å²) in [5.41, 5.74) is 0. The molecule has 0 unspecified atom stereocenters. The molecule has 0 fully saturated rings. The summed E-state index contributed by atoms with van der Waals surface area (Å²) in [7, 11) is 0. The third kappa shape index (κ3) is 3.37. The van der Waals surface area contributed by atoms with Gasteiger partial charge in [0.25, 0.3) is 0 Å². The van der Waals surface area contributed by atoms with Crippen molar-refractivity contribution in [1.29, 1.82) is 0 Å². The van der Waals surface area contributed by atoms with E-state index < -0.39 is 0 Å². The van der Waals surface area contributed by atoms with Crippen LogP contribution in [0.25, 0.3) is 0 Å². The van der Waals surface area contributed by atoms with Gasteiger partial charge in [-0.15, -0.1) is 6.58 Å². The molecule has 0 radical (unpaired) electrons. The molecule has 0 rings (SSSR count). The average Bonchev–Trinajstić information content (AvgIpc) is 1.99. The van der Waals surface area contributed by atoms with Crippen molar-refractivity contribution in [3.05, 3.63) is 24.8 Å². The highest BCUT2D eigenvalue weighted by atomic mass is 16.2. The number of rotatable bonds is 4. The molecule has 0 N–H and O–H groups in total. The number of allylic oxidation sites excluding steroid dienone is 1. The lowest BCUT2D eigenvalue weighted by atomic mass is 10.3. The van der Waals surface area contributed by atoms with Crippen LogP contribution in [0.3, 0.4) is 0 Å². The Labute approximate surface area is 74.6 Å². The second kappa shape index (κ2) is 5.58. The molecule has 0 aromatic carbocycles. The Morgan fingerprint density at radius 2 is 2.17 bits per heavy atom. The second-order valence-electron chi connectivity index (χ2n) is 2.87. The van der Waals surface area contributed by atoms with Crippen molar-refractivity contribution in [3.8, 4) is 0 Å². The van der Waals surface area contributed by atoms with Gasteiger partial charge in [0, 0.05) is 12.6 Å². The Morgan fingerprint density at radius 3 is 2.50 bits per heavy atom. The number of amides is 1. The molecule has 2 heteroatoms. The third-order valence-corrected chi connectivity index (χ3v) is 1.54. The van der Waals surface area contributed by atoms with Gasteiger partial charge in [-0.25, -0.2) is 0 Å². The Kier molecular flexibility index (Phi) is 5.09. The first-order chi connectivity index (χ1) is 5.63. The molecule has 12 heavy (non-hydrogen) atoms. The van der Waals surface area contributed by atoms with Crippen LogP contribution in [0.1, 0.15) is 20.8 Å². The van der Waals surface area contributed by atoms with Gasteiger partial charge in [-0.2, -0.15) is 0 Å². The van der Waals surface area contributed by atoms with Crippen LogP contribution in [0.15, 0.2) is 24.8 Å². The van der Waals surface area contributed by atoms with Crippen molar-refractivity contribution in [1.82, 2.24) is 4.90 Å². The highest BCUT2D eigenvalue weighted by Crippen LogP contribution is 1.99. The minimum atomic E-state index is 0.0485. The molecule has 0 bridgehead atoms. The smallest absolute Gasteiger partial charge is 0.246 e. The zero-order valence-corrected chi connectivity index (χ0v) is 8.08. The molecular weight excluding hydrogens is 150 g/mol. The zero-order chi connectivity index (χ0) is 9.56. The summed E-state index contributed by atoms with van der Waals surface area (Å²) in [5.74, 6) is 0.0485. The van der Waals surface area contributed by atoms with Crippen LogP contribution in [0.4, 0.5) is 0 Å². The van der Waals surface area contributed by atoms with Crippen molar-refractivity contribution in [3.63, 3.8) is 0 Å². The van der Waals surface area contributed by atoms with Gasteiger partial charge in [0.1, 0.15) is 0 Å². The highest BCUT2D eigenvalue weighted by molar-refractivity contribution is 5.87. The number of hydrogen-bond acceptors (Lipinski definition) is 1. The number of hydrogen-bond donors (Lipinski definition) is 0. The fourth-order valence-corrected chi connectivity index (χ4v) is 0.933. The molecular formula is C10H17NO. The molecule has 0 aliphatic carbocycles. The number of carbonyl (C=O) groups excluding carboxylic acids is 1. The molecule has 0 aliphatic heterocycles. The maximum Gasteiger partial charge on any atom is 0.246 e. The molecule has 68 valence electrons. The molecule has 0 spiro atoms. The maximum absolute atomic E-state index is 11.4. The Bertz CT molecular complexity index is 182. The van der Waals surface area contributed by atoms with E-state index in [2.05, 4.69) is 6.58 Å². The first-order valence-electron chi connectivity index (χ1n) is 4.17. The lowest BCUT2D eigenvalue weighted by Gasteiger charge is -2.23. The quantitative estimate of drug-likeness (QED) is 0.463. The first kappa shape index (κ1) is 11.0. The van der Waals surface area contributed by atoms with Crippen LogP contribution in [0.5, 0.6) is 0 Å². The van der Waals surface area contributed by atoms with E-state index in [0.717, 1.165) is 0 Å². The summed E-state index contributed by atoms with van der Waals surface area (Å²) >= 11 is 0. The fourth-order valence-electron chi connectivity index (χ4n) is 0.933. The van der Waals surface area contributed by atoms with Crippen LogP contribution in [0.2, 0.25) is 0 Å². The largest absolute Gasteiger partial charge is 0.333 e. The summed E-state index contributed by atoms with van der Waals surface area (Å²) in [6, 6.07) is 0.228. The van der Waals surface area contributed by atoms with Gasteiger partial charge in [0.05, 0.1) is 0 Å². The predicted molar refractivity (Wildman–Crippen MR) is 51.9 cm³/mol. The van der Waals surface area contributed by atoms with Gasteiger partial charge in [-0.05, 0) is 26.8 Å². The Hall–Kier alpha value is -1.05. The van der Waals surface area contributed by atoms with E-state index in [1.165, 1.54) is 0 Å². The van der Waals surface area contributed by atoms with Crippen LogP contribution >= 0.6 is 0 Å². The number of nitrogens with zero attached hydrogens (tertiary/aromatic N) is 1. The maximum atomic E-state index is 11.4. The van der Waals surface area contributed by atoms with Crippen LogP contribution in [0, 0.1) is 0 Å². The van der Waals surface area contributed by atoms with Gasteiger partial charge >= 0.3 is 0 Å². The van der Waals surface area contributed by atoms with Crippen molar-refractivity contribution in [2.45, 2.75) is 26.8 Å². The van der Waals surface area contributed by atoms with Gasteiger partial charge in [-0.3, -0.25) is 4.79 Å². The molecule has 0 atom stereocenters. The Morgan fingerprint density at radius 1 is 1.58 bits per heavy atom. The summed E-state index contributed by atoms with van der Waals surface area (Å²) in [6.07, 6.45) is 5.06. The Balaban J connectivity index is 4.28. The third-order valence-electron chi connectivity index (χ3n) is 1.54. The van der Waals surface area contributed by atoms with Gasteiger partial charge in [0.15, 0.2) is 0 Å². The molecule has 2 nitrogen and oxygen atoms in total. The van der Waals surface area contributed by atoms with E-state index in [0.29, 0.717) is 6.54 Å². The minimum Gasteiger partial charge on any atom is -0.333 e. The summed E-state index contributed by atoms with van der Waals surface area (Å²) in [5, 5.41) is 0. The zero-order valence-electron chi connectivity index (χ0n) is 8.08. The highest BCUT2D eigenvalue weighted by Gasteiger charge is 2.11. The minimum absolute atomic E-state index is 0.0485. The number of carbonyl (C=O) groups is 1. The van der Waals surface area contributed by atoms with Crippen molar-refractivity contribution in [2.75, 3.05) is 6.54 Å². The molecule has 0 aliphatic rings. The predicted octanol–water partition coefficient (Wildman–Crippen LogP) is 1.99. The van der Waals surface area contributed by atoms with Crippen LogP contribution in [-0.4, -0.2) is 23.4 Å². The van der Waals surface area contributed by atoms with E-state index in [1.54, 1.807) is 23.1 Å². The fraction of sp³-hybridized carbons (Fsp3) is 0.500. The molecule has 1 amide bonds. The van der Waals surface area contributed by atoms with Gasteiger partial charge in [-0.1, -0.05) is 12.2 Å². The lowest BCUT2D eigenvalue weighted by Crippen LogP contribution is -2.35. The monoisotopic (exact) mass is 167 g/mol. The van der Waals surface area contributed by atoms with Crippen molar-refractivity contribution < 1.29 is 4.79 Å². The summed E-state index contributed by atoms with van der Waals surface area (Å²) in [4.78, 5) is 13.1. The average molecular weight is 167 g/mol. The van der Waals surface area contributed by atoms with Crippen LogP contribution in [-0.2, 0) is 4.79 Å². The summed E-state index contributed by atoms with van der Waals surface area (Å²) < 4.78 is 0. The van der Waals surface area contributed by atoms with Crippen molar-refractivity contribution >= 4 is 5.91 Å². The van der Waals surface area contributed by atoms with E-state index in [1.807, 2.05) is 20.8 Å².